The molecule has 26 heavy (non-hydrogen) atoms. The Morgan fingerprint density at radius 1 is 1.31 bits per heavy atom. The molecule has 0 radical (unpaired) electrons. The zero-order chi connectivity index (χ0) is 18.8. The van der Waals surface area contributed by atoms with Crippen LogP contribution in [0, 0.1) is 0 Å². The highest BCUT2D eigenvalue weighted by molar-refractivity contribution is 7.85. The van der Waals surface area contributed by atoms with Crippen LogP contribution in [0.15, 0.2) is 35.3 Å². The predicted molar refractivity (Wildman–Crippen MR) is 110 cm³/mol. The van der Waals surface area contributed by atoms with Crippen molar-refractivity contribution in [1.29, 1.82) is 0 Å². The number of guanidine groups is 1. The van der Waals surface area contributed by atoms with Crippen molar-refractivity contribution < 1.29 is 8.95 Å². The van der Waals surface area contributed by atoms with Crippen molar-refractivity contribution in [2.45, 2.75) is 63.9 Å². The Bertz CT molecular complexity index is 580. The molecule has 4 atom stereocenters. The van der Waals surface area contributed by atoms with Crippen molar-refractivity contribution in [2.24, 2.45) is 4.99 Å². The molecule has 1 aromatic carbocycles. The third-order valence-electron chi connectivity index (χ3n) is 4.55. The molecular weight excluding hydrogens is 346 g/mol. The molecule has 1 aliphatic rings. The summed E-state index contributed by atoms with van der Waals surface area (Å²) in [5.74, 6) is 2.44. The third kappa shape index (κ3) is 6.98. The highest BCUT2D eigenvalue weighted by Crippen LogP contribution is 2.23. The Morgan fingerprint density at radius 3 is 2.77 bits per heavy atom. The van der Waals surface area contributed by atoms with Gasteiger partial charge in [-0.3, -0.25) is 4.21 Å². The SMILES string of the molecule is CCNC(=NCC(C)Oc1ccccc1)NC1CCCC(S(=O)CC)C1. The molecule has 1 fully saturated rings. The number of rotatable bonds is 8. The monoisotopic (exact) mass is 379 g/mol. The molecule has 4 unspecified atom stereocenters. The summed E-state index contributed by atoms with van der Waals surface area (Å²) in [7, 11) is -0.707. The first-order chi connectivity index (χ1) is 12.6. The first-order valence-electron chi connectivity index (χ1n) is 9.76. The van der Waals surface area contributed by atoms with Crippen molar-refractivity contribution in [3.8, 4) is 5.75 Å². The molecule has 146 valence electrons. The molecule has 1 aromatic rings. The summed E-state index contributed by atoms with van der Waals surface area (Å²) in [4.78, 5) is 4.69. The molecule has 0 spiro atoms. The minimum absolute atomic E-state index is 0.000412. The predicted octanol–water partition coefficient (Wildman–Crippen LogP) is 3.09. The highest BCUT2D eigenvalue weighted by atomic mass is 32.2. The van der Waals surface area contributed by atoms with Gasteiger partial charge in [-0.1, -0.05) is 31.5 Å². The molecule has 1 aliphatic carbocycles. The van der Waals surface area contributed by atoms with Crippen LogP contribution >= 0.6 is 0 Å². The normalized spacial score (nSPS) is 23.1. The number of aliphatic imine (C=N–C) groups is 1. The maximum Gasteiger partial charge on any atom is 0.191 e. The fourth-order valence-corrected chi connectivity index (χ4v) is 4.60. The van der Waals surface area contributed by atoms with Gasteiger partial charge in [0, 0.05) is 34.4 Å². The van der Waals surface area contributed by atoms with E-state index in [9.17, 15) is 4.21 Å². The fourth-order valence-electron chi connectivity index (χ4n) is 3.25. The lowest BCUT2D eigenvalue weighted by atomic mass is 9.95. The van der Waals surface area contributed by atoms with Gasteiger partial charge in [-0.05, 0) is 45.2 Å². The van der Waals surface area contributed by atoms with Gasteiger partial charge in [-0.15, -0.1) is 0 Å². The number of nitrogens with one attached hydrogen (secondary N) is 2. The quantitative estimate of drug-likeness (QED) is 0.538. The van der Waals surface area contributed by atoms with E-state index in [1.54, 1.807) is 0 Å². The van der Waals surface area contributed by atoms with Crippen LogP contribution in [0.2, 0.25) is 0 Å². The second-order valence-corrected chi connectivity index (χ2v) is 8.77. The summed E-state index contributed by atoms with van der Waals surface area (Å²) in [5.41, 5.74) is 0. The Balaban J connectivity index is 1.88. The van der Waals surface area contributed by atoms with Gasteiger partial charge in [0.1, 0.15) is 11.9 Å². The molecule has 0 aliphatic heterocycles. The average molecular weight is 380 g/mol. The van der Waals surface area contributed by atoms with E-state index in [1.807, 2.05) is 44.2 Å². The van der Waals surface area contributed by atoms with Gasteiger partial charge < -0.3 is 15.4 Å². The number of ether oxygens (including phenoxy) is 1. The van der Waals surface area contributed by atoms with E-state index in [2.05, 4.69) is 22.5 Å². The number of hydrogen-bond acceptors (Lipinski definition) is 3. The molecule has 0 aromatic heterocycles. The molecule has 0 saturated heterocycles. The molecule has 2 N–H and O–H groups in total. The summed E-state index contributed by atoms with van der Waals surface area (Å²) in [5, 5.41) is 7.16. The Kier molecular flexibility index (Phi) is 8.95. The molecule has 0 bridgehead atoms. The van der Waals surface area contributed by atoms with Gasteiger partial charge in [0.25, 0.3) is 0 Å². The fraction of sp³-hybridized carbons (Fsp3) is 0.650. The van der Waals surface area contributed by atoms with Gasteiger partial charge in [0.2, 0.25) is 0 Å². The Morgan fingerprint density at radius 2 is 2.08 bits per heavy atom. The molecule has 0 amide bonds. The maximum atomic E-state index is 12.1. The minimum atomic E-state index is -0.707. The molecule has 0 heterocycles. The lowest BCUT2D eigenvalue weighted by molar-refractivity contribution is 0.230. The van der Waals surface area contributed by atoms with Gasteiger partial charge in [-0.2, -0.15) is 0 Å². The number of nitrogens with zero attached hydrogens (tertiary/aromatic N) is 1. The number of para-hydroxylation sites is 1. The van der Waals surface area contributed by atoms with Crippen LogP contribution in [0.3, 0.4) is 0 Å². The summed E-state index contributed by atoms with van der Waals surface area (Å²) < 4.78 is 18.0. The van der Waals surface area contributed by atoms with E-state index >= 15 is 0 Å². The van der Waals surface area contributed by atoms with Gasteiger partial charge in [0.05, 0.1) is 6.54 Å². The molecule has 6 heteroatoms. The molecule has 5 nitrogen and oxygen atoms in total. The Labute approximate surface area is 160 Å². The van der Waals surface area contributed by atoms with Crippen molar-refractivity contribution in [1.82, 2.24) is 10.6 Å². The second-order valence-electron chi connectivity index (χ2n) is 6.76. The van der Waals surface area contributed by atoms with Crippen LogP contribution in [0.4, 0.5) is 0 Å². The number of hydrogen-bond donors (Lipinski definition) is 2. The average Bonchev–Trinajstić information content (AvgIpc) is 2.66. The van der Waals surface area contributed by atoms with Crippen LogP contribution in [-0.2, 0) is 10.8 Å². The van der Waals surface area contributed by atoms with Crippen LogP contribution < -0.4 is 15.4 Å². The van der Waals surface area contributed by atoms with Gasteiger partial charge >= 0.3 is 0 Å². The summed E-state index contributed by atoms with van der Waals surface area (Å²) in [6.45, 7) is 7.50. The highest BCUT2D eigenvalue weighted by Gasteiger charge is 2.26. The zero-order valence-corrected chi connectivity index (χ0v) is 17.1. The van der Waals surface area contributed by atoms with E-state index < -0.39 is 10.8 Å². The minimum Gasteiger partial charge on any atom is -0.489 e. The van der Waals surface area contributed by atoms with E-state index in [1.165, 1.54) is 0 Å². The van der Waals surface area contributed by atoms with Crippen molar-refractivity contribution in [2.75, 3.05) is 18.8 Å². The van der Waals surface area contributed by atoms with Gasteiger partial charge in [-0.25, -0.2) is 4.99 Å². The lowest BCUT2D eigenvalue weighted by Gasteiger charge is -2.30. The topological polar surface area (TPSA) is 62.7 Å². The van der Waals surface area contributed by atoms with E-state index in [0.29, 0.717) is 17.8 Å². The summed E-state index contributed by atoms with van der Waals surface area (Å²) in [6.07, 6.45) is 4.27. The first kappa shape index (κ1) is 20.7. The largest absolute Gasteiger partial charge is 0.489 e. The molecule has 2 rings (SSSR count). The third-order valence-corrected chi connectivity index (χ3v) is 6.30. The van der Waals surface area contributed by atoms with E-state index in [0.717, 1.165) is 49.7 Å². The van der Waals surface area contributed by atoms with Crippen molar-refractivity contribution in [3.63, 3.8) is 0 Å². The second kappa shape index (κ2) is 11.2. The summed E-state index contributed by atoms with van der Waals surface area (Å²) in [6, 6.07) is 10.2. The van der Waals surface area contributed by atoms with Crippen molar-refractivity contribution >= 4 is 16.8 Å². The zero-order valence-electron chi connectivity index (χ0n) is 16.2. The smallest absolute Gasteiger partial charge is 0.191 e. The van der Waals surface area contributed by atoms with Crippen LogP contribution in [0.25, 0.3) is 0 Å². The standard InChI is InChI=1S/C20H33N3O2S/c1-4-21-20(22-15-16(3)25-18-11-7-6-8-12-18)23-17-10-9-13-19(14-17)26(24)5-2/h6-8,11-12,16-17,19H,4-5,9-10,13-15H2,1-3H3,(H2,21,22,23). The number of benzene rings is 1. The lowest BCUT2D eigenvalue weighted by Crippen LogP contribution is -2.47. The first-order valence-corrected chi connectivity index (χ1v) is 11.1. The van der Waals surface area contributed by atoms with Crippen LogP contribution in [0.5, 0.6) is 5.75 Å². The maximum absolute atomic E-state index is 12.1. The summed E-state index contributed by atoms with van der Waals surface area (Å²) >= 11 is 0. The van der Waals surface area contributed by atoms with Crippen molar-refractivity contribution in [3.05, 3.63) is 30.3 Å². The van der Waals surface area contributed by atoms with E-state index in [4.69, 9.17) is 4.74 Å². The van der Waals surface area contributed by atoms with Crippen LogP contribution in [-0.4, -0.2) is 46.4 Å². The van der Waals surface area contributed by atoms with E-state index in [-0.39, 0.29) is 6.10 Å². The molecular formula is C20H33N3O2S. The molecule has 1 saturated carbocycles. The Hall–Kier alpha value is -1.56. The van der Waals surface area contributed by atoms with Crippen LogP contribution in [0.1, 0.15) is 46.5 Å². The van der Waals surface area contributed by atoms with Gasteiger partial charge in [0.15, 0.2) is 5.96 Å².